The predicted molar refractivity (Wildman–Crippen MR) is 101 cm³/mol. The highest BCUT2D eigenvalue weighted by Gasteiger charge is 2.41. The fraction of sp³-hybridized carbons (Fsp3) is 0.389. The summed E-state index contributed by atoms with van der Waals surface area (Å²) in [6.07, 6.45) is 0. The Bertz CT molecular complexity index is 893. The topological polar surface area (TPSA) is 89.7 Å². The van der Waals surface area contributed by atoms with Gasteiger partial charge in [0.1, 0.15) is 9.77 Å². The van der Waals surface area contributed by atoms with Crippen molar-refractivity contribution in [3.05, 3.63) is 51.7 Å². The lowest BCUT2D eigenvalue weighted by molar-refractivity contribution is 0.0602. The lowest BCUT2D eigenvalue weighted by Crippen LogP contribution is -2.31. The zero-order valence-electron chi connectivity index (χ0n) is 14.7. The first-order chi connectivity index (χ1) is 12.4. The van der Waals surface area contributed by atoms with Crippen molar-refractivity contribution in [2.24, 2.45) is 11.7 Å². The smallest absolute Gasteiger partial charge is 0.349 e. The number of aryl methyl sites for hydroxylation is 1. The molecular weight excluding hydrogens is 372 g/mol. The Balaban J connectivity index is 1.97. The normalized spacial score (nSPS) is 21.0. The Hall–Kier alpha value is -1.74. The van der Waals surface area contributed by atoms with Crippen molar-refractivity contribution in [2.75, 3.05) is 26.7 Å². The number of hydrogen-bond acceptors (Lipinski definition) is 6. The van der Waals surface area contributed by atoms with Crippen molar-refractivity contribution in [2.45, 2.75) is 17.7 Å². The molecule has 1 aliphatic rings. The van der Waals surface area contributed by atoms with Crippen LogP contribution in [0.3, 0.4) is 0 Å². The van der Waals surface area contributed by atoms with E-state index in [9.17, 15) is 13.2 Å². The second-order valence-corrected chi connectivity index (χ2v) is 9.16. The molecule has 1 fully saturated rings. The van der Waals surface area contributed by atoms with Gasteiger partial charge in [-0.2, -0.15) is 4.31 Å². The summed E-state index contributed by atoms with van der Waals surface area (Å²) in [5.74, 6) is -0.556. The highest BCUT2D eigenvalue weighted by Crippen LogP contribution is 2.37. The number of carbonyl (C=O) groups is 1. The summed E-state index contributed by atoms with van der Waals surface area (Å²) in [5.41, 5.74) is 7.56. The first-order valence-corrected chi connectivity index (χ1v) is 10.6. The van der Waals surface area contributed by atoms with Crippen LogP contribution in [0.1, 0.15) is 26.7 Å². The van der Waals surface area contributed by atoms with Gasteiger partial charge in [-0.15, -0.1) is 11.3 Å². The molecule has 1 saturated heterocycles. The van der Waals surface area contributed by atoms with Gasteiger partial charge in [0.25, 0.3) is 0 Å². The summed E-state index contributed by atoms with van der Waals surface area (Å²) in [6.45, 7) is 2.79. The van der Waals surface area contributed by atoms with Gasteiger partial charge in [0.05, 0.1) is 7.11 Å². The summed E-state index contributed by atoms with van der Waals surface area (Å²) < 4.78 is 32.8. The molecule has 0 spiro atoms. The SMILES string of the molecule is COC(=O)c1scc(C)c1S(=O)(=O)N1C[C@@H](CN)[C@H](c2ccccc2)C1. The third-order valence-electron chi connectivity index (χ3n) is 4.82. The Morgan fingerprint density at radius 1 is 1.31 bits per heavy atom. The summed E-state index contributed by atoms with van der Waals surface area (Å²) in [4.78, 5) is 12.2. The number of methoxy groups -OCH3 is 1. The van der Waals surface area contributed by atoms with Crippen LogP contribution in [0.5, 0.6) is 0 Å². The van der Waals surface area contributed by atoms with Crippen LogP contribution in [-0.2, 0) is 14.8 Å². The molecule has 1 aliphatic heterocycles. The summed E-state index contributed by atoms with van der Waals surface area (Å²) in [7, 11) is -2.56. The van der Waals surface area contributed by atoms with Crippen molar-refractivity contribution >= 4 is 27.3 Å². The van der Waals surface area contributed by atoms with Crippen molar-refractivity contribution in [3.63, 3.8) is 0 Å². The maximum Gasteiger partial charge on any atom is 0.349 e. The molecule has 1 aromatic carbocycles. The van der Waals surface area contributed by atoms with Crippen molar-refractivity contribution in [1.29, 1.82) is 0 Å². The molecule has 0 amide bonds. The molecule has 0 aliphatic carbocycles. The van der Waals surface area contributed by atoms with E-state index in [-0.39, 0.29) is 21.6 Å². The number of rotatable bonds is 5. The van der Waals surface area contributed by atoms with E-state index >= 15 is 0 Å². The fourth-order valence-corrected chi connectivity index (χ4v) is 6.64. The van der Waals surface area contributed by atoms with Gasteiger partial charge < -0.3 is 10.5 Å². The second kappa shape index (κ2) is 7.48. The molecule has 2 heterocycles. The van der Waals surface area contributed by atoms with E-state index in [1.807, 2.05) is 30.3 Å². The Morgan fingerprint density at radius 2 is 2.00 bits per heavy atom. The number of sulfonamides is 1. The van der Waals surface area contributed by atoms with Crippen LogP contribution in [0.25, 0.3) is 0 Å². The Morgan fingerprint density at radius 3 is 2.62 bits per heavy atom. The van der Waals surface area contributed by atoms with Crippen LogP contribution in [0.15, 0.2) is 40.6 Å². The van der Waals surface area contributed by atoms with Gasteiger partial charge in [-0.3, -0.25) is 0 Å². The zero-order chi connectivity index (χ0) is 18.9. The molecule has 0 bridgehead atoms. The van der Waals surface area contributed by atoms with E-state index < -0.39 is 16.0 Å². The fourth-order valence-electron chi connectivity index (χ4n) is 3.46. The first-order valence-electron chi connectivity index (χ1n) is 8.31. The van der Waals surface area contributed by atoms with E-state index in [4.69, 9.17) is 10.5 Å². The monoisotopic (exact) mass is 394 g/mol. The third kappa shape index (κ3) is 3.29. The van der Waals surface area contributed by atoms with Gasteiger partial charge >= 0.3 is 5.97 Å². The standard InChI is InChI=1S/C18H22N2O4S2/c1-12-11-25-16(18(21)24-2)17(12)26(22,23)20-9-14(8-19)15(10-20)13-6-4-3-5-7-13/h3-7,11,14-15H,8-10,19H2,1-2H3/t14-,15+/m1/s1. The van der Waals surface area contributed by atoms with Gasteiger partial charge in [0, 0.05) is 19.0 Å². The third-order valence-corrected chi connectivity index (χ3v) is 8.05. The van der Waals surface area contributed by atoms with Crippen molar-refractivity contribution in [3.8, 4) is 0 Å². The van der Waals surface area contributed by atoms with Crippen molar-refractivity contribution < 1.29 is 17.9 Å². The average molecular weight is 395 g/mol. The molecule has 2 atom stereocenters. The van der Waals surface area contributed by atoms with Crippen molar-refractivity contribution in [1.82, 2.24) is 4.31 Å². The lowest BCUT2D eigenvalue weighted by Gasteiger charge is -2.17. The number of benzene rings is 1. The minimum absolute atomic E-state index is 0.0349. The molecule has 6 nitrogen and oxygen atoms in total. The van der Waals surface area contributed by atoms with Gasteiger partial charge in [0.2, 0.25) is 10.0 Å². The van der Waals surface area contributed by atoms with E-state index in [1.54, 1.807) is 12.3 Å². The number of nitrogens with two attached hydrogens (primary N) is 1. The zero-order valence-corrected chi connectivity index (χ0v) is 16.3. The molecule has 26 heavy (non-hydrogen) atoms. The summed E-state index contributed by atoms with van der Waals surface area (Å²) >= 11 is 1.09. The molecule has 0 radical (unpaired) electrons. The van der Waals surface area contributed by atoms with Gasteiger partial charge in [-0.25, -0.2) is 13.2 Å². The van der Waals surface area contributed by atoms with Crippen LogP contribution < -0.4 is 5.73 Å². The van der Waals surface area contributed by atoms with Crippen LogP contribution >= 0.6 is 11.3 Å². The largest absolute Gasteiger partial charge is 0.465 e. The molecule has 2 N–H and O–H groups in total. The summed E-state index contributed by atoms with van der Waals surface area (Å²) in [5, 5.41) is 1.67. The average Bonchev–Trinajstić information content (AvgIpc) is 3.26. The number of carbonyl (C=O) groups excluding carboxylic acids is 1. The molecule has 1 aromatic heterocycles. The van der Waals surface area contributed by atoms with Gasteiger partial charge in [0.15, 0.2) is 0 Å². The number of hydrogen-bond donors (Lipinski definition) is 1. The maximum atomic E-state index is 13.3. The number of nitrogens with zero attached hydrogens (tertiary/aromatic N) is 1. The highest BCUT2D eigenvalue weighted by molar-refractivity contribution is 7.89. The predicted octanol–water partition coefficient (Wildman–Crippen LogP) is 2.21. The lowest BCUT2D eigenvalue weighted by atomic mass is 9.89. The van der Waals surface area contributed by atoms with Gasteiger partial charge in [-0.1, -0.05) is 30.3 Å². The summed E-state index contributed by atoms with van der Waals surface area (Å²) in [6, 6.07) is 9.82. The van der Waals surface area contributed by atoms with E-state index in [1.165, 1.54) is 11.4 Å². The quantitative estimate of drug-likeness (QED) is 0.786. The van der Waals surface area contributed by atoms with Crippen LogP contribution in [0.2, 0.25) is 0 Å². The minimum atomic E-state index is -3.81. The molecular formula is C18H22N2O4S2. The molecule has 0 unspecified atom stereocenters. The molecule has 8 heteroatoms. The van der Waals surface area contributed by atoms with E-state index in [0.717, 1.165) is 16.9 Å². The Labute approximate surface area is 157 Å². The van der Waals surface area contributed by atoms with Crippen LogP contribution in [0.4, 0.5) is 0 Å². The van der Waals surface area contributed by atoms with E-state index in [0.29, 0.717) is 25.2 Å². The van der Waals surface area contributed by atoms with Crippen LogP contribution in [0, 0.1) is 12.8 Å². The second-order valence-electron chi connectivity index (χ2n) is 6.40. The number of thiophene rings is 1. The van der Waals surface area contributed by atoms with E-state index in [2.05, 4.69) is 0 Å². The molecule has 2 aromatic rings. The number of esters is 1. The minimum Gasteiger partial charge on any atom is -0.465 e. The molecule has 140 valence electrons. The molecule has 3 rings (SSSR count). The van der Waals surface area contributed by atoms with Crippen LogP contribution in [-0.4, -0.2) is 45.4 Å². The van der Waals surface area contributed by atoms with Gasteiger partial charge in [-0.05, 0) is 35.9 Å². The maximum absolute atomic E-state index is 13.3. The highest BCUT2D eigenvalue weighted by atomic mass is 32.2. The first kappa shape index (κ1) is 19.0. The number of ether oxygens (including phenoxy) is 1. The Kier molecular flexibility index (Phi) is 5.47. The molecule has 0 saturated carbocycles.